The summed E-state index contributed by atoms with van der Waals surface area (Å²) in [6.07, 6.45) is -4.47. The third kappa shape index (κ3) is 7.95. The second-order valence-electron chi connectivity index (χ2n) is 5.07. The van der Waals surface area contributed by atoms with E-state index in [4.69, 9.17) is 36.3 Å². The minimum absolute atomic E-state index is 0. The van der Waals surface area contributed by atoms with Gasteiger partial charge in [0, 0.05) is 27.7 Å². The monoisotopic (exact) mass is 386 g/mol. The van der Waals surface area contributed by atoms with Crippen molar-refractivity contribution in [2.45, 2.75) is 57.5 Å². The molecule has 0 aromatic carbocycles. The largest absolute Gasteiger partial charge is 1.00 e. The Hall–Kier alpha value is -0.810. The van der Waals surface area contributed by atoms with Crippen LogP contribution in [0.3, 0.4) is 0 Å². The van der Waals surface area contributed by atoms with Gasteiger partial charge >= 0.3 is 53.4 Å². The number of rotatable bonds is 5. The van der Waals surface area contributed by atoms with E-state index in [2.05, 4.69) is 0 Å². The number of hydrogen-bond donors (Lipinski definition) is 0. The van der Waals surface area contributed by atoms with Crippen LogP contribution in [0.15, 0.2) is 0 Å². The molecule has 0 amide bonds. The normalized spacial score (nSPS) is 28.1. The molecule has 0 spiro atoms. The Kier molecular flexibility index (Phi) is 10.7. The van der Waals surface area contributed by atoms with E-state index in [9.17, 15) is 19.2 Å². The Balaban J connectivity index is 0.00000576. The second kappa shape index (κ2) is 11.0. The first-order valence-corrected chi connectivity index (χ1v) is 7.55. The maximum absolute atomic E-state index is 11.4. The third-order valence-electron chi connectivity index (χ3n) is 2.95. The summed E-state index contributed by atoms with van der Waals surface area (Å²) in [6.45, 7) is 4.36. The Morgan fingerprint density at radius 3 is 1.68 bits per heavy atom. The smallest absolute Gasteiger partial charge is 0.757 e. The fraction of sp³-hybridized carbons (Fsp3) is 0.714. The Labute approximate surface area is 172 Å². The average Bonchev–Trinajstić information content (AvgIpc) is 2.42. The molecular formula is C14H19NaO9S. The molecule has 5 atom stereocenters. The van der Waals surface area contributed by atoms with Crippen LogP contribution in [0, 0.1) is 0 Å². The van der Waals surface area contributed by atoms with Gasteiger partial charge in [-0.2, -0.15) is 0 Å². The summed E-state index contributed by atoms with van der Waals surface area (Å²) in [5.41, 5.74) is -1.09. The summed E-state index contributed by atoms with van der Waals surface area (Å²) in [4.78, 5) is 45.0. The standard InChI is InChI=1S/C14H20O9S.Na/c1-6(15)19-5-10-11(20-7(2)16)12(21-8(3)17)13(14(24)23-10)22-9(4)18;/h10-14,24H,5H2,1-4H3;/q;+1/p-1/t10-,11-,12+,13-,14+;/m1./s1. The van der Waals surface area contributed by atoms with Crippen molar-refractivity contribution in [3.8, 4) is 0 Å². The number of carbonyl (C=O) groups excluding carboxylic acids is 4. The van der Waals surface area contributed by atoms with E-state index in [-0.39, 0.29) is 36.2 Å². The zero-order valence-electron chi connectivity index (χ0n) is 14.7. The Morgan fingerprint density at radius 1 is 0.800 bits per heavy atom. The molecule has 0 radical (unpaired) electrons. The van der Waals surface area contributed by atoms with Gasteiger partial charge in [0.05, 0.1) is 0 Å². The van der Waals surface area contributed by atoms with Crippen LogP contribution in [0.4, 0.5) is 0 Å². The van der Waals surface area contributed by atoms with Crippen LogP contribution in [0.25, 0.3) is 0 Å². The van der Waals surface area contributed by atoms with Gasteiger partial charge in [-0.1, -0.05) is 0 Å². The quantitative estimate of drug-likeness (QED) is 0.205. The Morgan fingerprint density at radius 2 is 1.24 bits per heavy atom. The molecule has 1 aliphatic rings. The molecule has 1 saturated heterocycles. The molecule has 1 aliphatic heterocycles. The van der Waals surface area contributed by atoms with Crippen LogP contribution in [0.2, 0.25) is 0 Å². The van der Waals surface area contributed by atoms with E-state index in [1.54, 1.807) is 0 Å². The van der Waals surface area contributed by atoms with Crippen molar-refractivity contribution in [1.82, 2.24) is 0 Å². The van der Waals surface area contributed by atoms with Crippen LogP contribution in [0.5, 0.6) is 0 Å². The van der Waals surface area contributed by atoms with Crippen LogP contribution in [-0.2, 0) is 55.5 Å². The summed E-state index contributed by atoms with van der Waals surface area (Å²) >= 11 is 5.11. The van der Waals surface area contributed by atoms with Crippen molar-refractivity contribution in [1.29, 1.82) is 0 Å². The summed E-state index contributed by atoms with van der Waals surface area (Å²) in [7, 11) is 0. The van der Waals surface area contributed by atoms with Crippen LogP contribution < -0.4 is 29.6 Å². The fourth-order valence-corrected chi connectivity index (χ4v) is 2.54. The molecule has 136 valence electrons. The molecular weight excluding hydrogens is 367 g/mol. The topological polar surface area (TPSA) is 114 Å². The van der Waals surface area contributed by atoms with Crippen molar-refractivity contribution < 1.29 is 72.4 Å². The van der Waals surface area contributed by atoms with Crippen molar-refractivity contribution in [2.24, 2.45) is 0 Å². The Bertz CT molecular complexity index is 513. The zero-order valence-corrected chi connectivity index (χ0v) is 17.5. The maximum atomic E-state index is 11.4. The predicted octanol–water partition coefficient (Wildman–Crippen LogP) is -3.38. The van der Waals surface area contributed by atoms with E-state index in [0.717, 1.165) is 20.8 Å². The van der Waals surface area contributed by atoms with Crippen LogP contribution >= 0.6 is 0 Å². The van der Waals surface area contributed by atoms with E-state index in [1.807, 2.05) is 0 Å². The van der Waals surface area contributed by atoms with Gasteiger partial charge in [-0.3, -0.25) is 19.2 Å². The van der Waals surface area contributed by atoms with Gasteiger partial charge in [-0.15, -0.1) is 0 Å². The number of hydrogen-bond acceptors (Lipinski definition) is 10. The molecule has 11 heteroatoms. The summed E-state index contributed by atoms with van der Waals surface area (Å²) < 4.78 is 25.7. The van der Waals surface area contributed by atoms with Crippen molar-refractivity contribution in [3.63, 3.8) is 0 Å². The first-order valence-electron chi connectivity index (χ1n) is 7.08. The third-order valence-corrected chi connectivity index (χ3v) is 3.33. The van der Waals surface area contributed by atoms with Gasteiger partial charge in [0.15, 0.2) is 12.2 Å². The molecule has 1 heterocycles. The van der Waals surface area contributed by atoms with Gasteiger partial charge < -0.3 is 36.3 Å². The molecule has 1 rings (SSSR count). The molecule has 0 aromatic heterocycles. The molecule has 0 N–H and O–H groups in total. The predicted molar refractivity (Wildman–Crippen MR) is 79.3 cm³/mol. The molecule has 0 unspecified atom stereocenters. The molecule has 0 bridgehead atoms. The van der Waals surface area contributed by atoms with Gasteiger partial charge in [0.25, 0.3) is 0 Å². The van der Waals surface area contributed by atoms with Crippen LogP contribution in [-0.4, -0.2) is 60.3 Å². The molecule has 9 nitrogen and oxygen atoms in total. The van der Waals surface area contributed by atoms with E-state index in [0.29, 0.717) is 0 Å². The zero-order chi connectivity index (χ0) is 18.4. The first-order chi connectivity index (χ1) is 11.1. The number of ether oxygens (including phenoxy) is 5. The minimum atomic E-state index is -1.19. The summed E-state index contributed by atoms with van der Waals surface area (Å²) in [5, 5.41) is 0. The average molecular weight is 386 g/mol. The van der Waals surface area contributed by atoms with Crippen LogP contribution in [0.1, 0.15) is 27.7 Å². The molecule has 0 aliphatic carbocycles. The summed E-state index contributed by atoms with van der Waals surface area (Å²) in [5.74, 6) is -2.62. The van der Waals surface area contributed by atoms with Gasteiger partial charge in [-0.05, 0) is 5.44 Å². The van der Waals surface area contributed by atoms with Crippen molar-refractivity contribution in [2.75, 3.05) is 6.61 Å². The van der Waals surface area contributed by atoms with Gasteiger partial charge in [0.1, 0.15) is 18.8 Å². The van der Waals surface area contributed by atoms with Crippen molar-refractivity contribution in [3.05, 3.63) is 0 Å². The second-order valence-corrected chi connectivity index (χ2v) is 5.53. The molecule has 25 heavy (non-hydrogen) atoms. The summed E-state index contributed by atoms with van der Waals surface area (Å²) in [6, 6.07) is 0. The number of esters is 4. The first kappa shape index (κ1) is 24.2. The number of carbonyl (C=O) groups is 4. The van der Waals surface area contributed by atoms with Gasteiger partial charge in [0.2, 0.25) is 0 Å². The van der Waals surface area contributed by atoms with E-state index in [1.165, 1.54) is 6.92 Å². The maximum Gasteiger partial charge on any atom is 1.00 e. The molecule has 1 fully saturated rings. The minimum Gasteiger partial charge on any atom is -0.757 e. The van der Waals surface area contributed by atoms with Gasteiger partial charge in [-0.25, -0.2) is 0 Å². The van der Waals surface area contributed by atoms with Crippen molar-refractivity contribution >= 4 is 36.5 Å². The molecule has 0 saturated carbocycles. The van der Waals surface area contributed by atoms with E-state index < -0.39 is 53.7 Å². The molecule has 0 aromatic rings. The van der Waals surface area contributed by atoms with E-state index >= 15 is 0 Å². The SMILES string of the molecule is CC(=O)OC[C@H]1O[C@@H]([S-])[C@H](OC(C)=O)[C@@H](OC(C)=O)[C@@H]1OC(C)=O.[Na+]. The fourth-order valence-electron chi connectivity index (χ4n) is 2.19.